The van der Waals surface area contributed by atoms with Gasteiger partial charge in [-0.25, -0.2) is 22.8 Å². The lowest BCUT2D eigenvalue weighted by Gasteiger charge is -2.11. The van der Waals surface area contributed by atoms with Crippen LogP contribution in [-0.4, -0.2) is 42.8 Å². The largest absolute Gasteiger partial charge is 1.00 e. The van der Waals surface area contributed by atoms with Crippen molar-refractivity contribution < 1.29 is 31.4 Å². The maximum Gasteiger partial charge on any atom is 1.00 e. The average molecular weight is 439 g/mol. The fourth-order valence-corrected chi connectivity index (χ4v) is 4.15. The molecule has 10 heteroatoms. The molecule has 0 saturated carbocycles. The SMILES string of the molecule is COCCCS(=O)(=O)c1ncccc1-c1ccc(-c2cnc(N)cn2)c(F)c1.[Cl-].[H+]. The fourth-order valence-electron chi connectivity index (χ4n) is 2.72. The number of nitrogens with two attached hydrogens (primary N) is 1. The molecule has 0 saturated heterocycles. The molecule has 29 heavy (non-hydrogen) atoms. The number of hydrogen-bond donors (Lipinski definition) is 1. The molecule has 1 aromatic carbocycles. The van der Waals surface area contributed by atoms with Gasteiger partial charge in [0, 0.05) is 31.0 Å². The molecular weight excluding hydrogens is 419 g/mol. The highest BCUT2D eigenvalue weighted by molar-refractivity contribution is 7.91. The summed E-state index contributed by atoms with van der Waals surface area (Å²) >= 11 is 0. The first kappa shape index (κ1) is 22.7. The third-order valence-corrected chi connectivity index (χ3v) is 5.80. The minimum Gasteiger partial charge on any atom is -1.00 e. The third-order valence-electron chi connectivity index (χ3n) is 4.06. The minimum absolute atomic E-state index is 0. The summed E-state index contributed by atoms with van der Waals surface area (Å²) in [5.74, 6) is -0.422. The van der Waals surface area contributed by atoms with Gasteiger partial charge in [0.2, 0.25) is 0 Å². The van der Waals surface area contributed by atoms with Crippen LogP contribution >= 0.6 is 0 Å². The first-order valence-corrected chi connectivity index (χ1v) is 10.1. The molecule has 0 fully saturated rings. The molecule has 2 heterocycles. The van der Waals surface area contributed by atoms with E-state index in [0.717, 1.165) is 0 Å². The highest BCUT2D eigenvalue weighted by atomic mass is 35.5. The molecule has 0 unspecified atom stereocenters. The van der Waals surface area contributed by atoms with Crippen molar-refractivity contribution in [2.45, 2.75) is 11.4 Å². The van der Waals surface area contributed by atoms with Crippen LogP contribution in [0.5, 0.6) is 0 Å². The molecule has 0 aliphatic heterocycles. The number of hydrogen-bond acceptors (Lipinski definition) is 7. The highest BCUT2D eigenvalue weighted by Gasteiger charge is 2.21. The van der Waals surface area contributed by atoms with Gasteiger partial charge in [-0.2, -0.15) is 0 Å². The standard InChI is InChI=1S/C19H19FN4O3S.ClH/c1-27-8-3-9-28(25,26)19-14(4-2-7-22-19)13-5-6-15(16(20)10-13)17-11-24-18(21)12-23-17;/h2,4-7,10-12H,3,8-9H2,1H3,(H2,21,24);1H. The van der Waals surface area contributed by atoms with Crippen molar-refractivity contribution in [1.29, 1.82) is 0 Å². The molecule has 0 radical (unpaired) electrons. The van der Waals surface area contributed by atoms with E-state index in [4.69, 9.17) is 10.5 Å². The van der Waals surface area contributed by atoms with Gasteiger partial charge >= 0.3 is 1.43 Å². The van der Waals surface area contributed by atoms with Gasteiger partial charge in [-0.1, -0.05) is 6.07 Å². The summed E-state index contributed by atoms with van der Waals surface area (Å²) in [7, 11) is -2.13. The Morgan fingerprint density at radius 1 is 1.14 bits per heavy atom. The van der Waals surface area contributed by atoms with Crippen molar-refractivity contribution in [3.63, 3.8) is 0 Å². The Morgan fingerprint density at radius 3 is 2.59 bits per heavy atom. The Hall–Kier alpha value is -2.62. The minimum atomic E-state index is -3.64. The topological polar surface area (TPSA) is 108 Å². The number of anilines is 1. The molecule has 0 atom stereocenters. The van der Waals surface area contributed by atoms with Crippen LogP contribution in [0.15, 0.2) is 53.9 Å². The molecule has 0 amide bonds. The van der Waals surface area contributed by atoms with Gasteiger partial charge in [-0.3, -0.25) is 4.98 Å². The molecule has 0 spiro atoms. The Morgan fingerprint density at radius 2 is 1.93 bits per heavy atom. The summed E-state index contributed by atoms with van der Waals surface area (Å²) in [6, 6.07) is 7.63. The van der Waals surface area contributed by atoms with Crippen LogP contribution in [0.1, 0.15) is 7.85 Å². The number of methoxy groups -OCH3 is 1. The van der Waals surface area contributed by atoms with Gasteiger partial charge in [0.25, 0.3) is 0 Å². The van der Waals surface area contributed by atoms with Crippen LogP contribution < -0.4 is 18.1 Å². The lowest BCUT2D eigenvalue weighted by atomic mass is 10.0. The van der Waals surface area contributed by atoms with Crippen molar-refractivity contribution in [3.05, 3.63) is 54.7 Å². The van der Waals surface area contributed by atoms with Crippen LogP contribution in [0.4, 0.5) is 10.2 Å². The Balaban J connectivity index is 0.00000225. The number of sulfone groups is 1. The lowest BCUT2D eigenvalue weighted by molar-refractivity contribution is -0.00000912. The zero-order valence-corrected chi connectivity index (χ0v) is 17.1. The molecule has 3 rings (SSSR count). The quantitative estimate of drug-likeness (QED) is 0.511. The van der Waals surface area contributed by atoms with E-state index in [9.17, 15) is 12.8 Å². The number of nitrogens with zero attached hydrogens (tertiary/aromatic N) is 3. The number of benzene rings is 1. The number of ether oxygens (including phenoxy) is 1. The van der Waals surface area contributed by atoms with Crippen molar-refractivity contribution in [3.8, 4) is 22.4 Å². The van der Waals surface area contributed by atoms with E-state index in [1.807, 2.05) is 0 Å². The number of rotatable bonds is 7. The molecule has 2 N–H and O–H groups in total. The average Bonchev–Trinajstić information content (AvgIpc) is 2.69. The highest BCUT2D eigenvalue weighted by Crippen LogP contribution is 2.30. The van der Waals surface area contributed by atoms with E-state index >= 15 is 0 Å². The molecular formula is C19H20ClFN4O3S. The Labute approximate surface area is 176 Å². The molecule has 154 valence electrons. The molecule has 7 nitrogen and oxygen atoms in total. The monoisotopic (exact) mass is 438 g/mol. The van der Waals surface area contributed by atoms with E-state index in [1.165, 1.54) is 37.8 Å². The predicted octanol–water partition coefficient (Wildman–Crippen LogP) is -0.146. The van der Waals surface area contributed by atoms with Crippen LogP contribution in [0, 0.1) is 5.82 Å². The Kier molecular flexibility index (Phi) is 7.60. The van der Waals surface area contributed by atoms with Crippen molar-refractivity contribution in [1.82, 2.24) is 15.0 Å². The van der Waals surface area contributed by atoms with E-state index in [0.29, 0.717) is 29.8 Å². The van der Waals surface area contributed by atoms with Gasteiger partial charge < -0.3 is 22.9 Å². The summed E-state index contributed by atoms with van der Waals surface area (Å²) in [6.07, 6.45) is 4.47. The normalized spacial score (nSPS) is 11.1. The Bertz CT molecular complexity index is 1090. The van der Waals surface area contributed by atoms with Gasteiger partial charge in [0.05, 0.1) is 23.8 Å². The van der Waals surface area contributed by atoms with Crippen LogP contribution in [-0.2, 0) is 14.6 Å². The second kappa shape index (κ2) is 9.73. The first-order chi connectivity index (χ1) is 13.4. The molecule has 0 bridgehead atoms. The molecule has 3 aromatic rings. The molecule has 0 aliphatic rings. The van der Waals surface area contributed by atoms with E-state index in [1.54, 1.807) is 18.2 Å². The summed E-state index contributed by atoms with van der Waals surface area (Å²) < 4.78 is 45.0. The van der Waals surface area contributed by atoms with Gasteiger partial charge in [-0.05, 0) is 36.2 Å². The first-order valence-electron chi connectivity index (χ1n) is 8.47. The number of halogens is 2. The van der Waals surface area contributed by atoms with Crippen LogP contribution in [0.25, 0.3) is 22.4 Å². The zero-order valence-electron chi connectivity index (χ0n) is 16.5. The number of nitrogen functional groups attached to an aromatic ring is 1. The predicted molar refractivity (Wildman–Crippen MR) is 105 cm³/mol. The lowest BCUT2D eigenvalue weighted by Crippen LogP contribution is -3.00. The zero-order chi connectivity index (χ0) is 20.1. The van der Waals surface area contributed by atoms with Gasteiger partial charge in [-0.15, -0.1) is 0 Å². The summed E-state index contributed by atoms with van der Waals surface area (Å²) in [6.45, 7) is 0.327. The van der Waals surface area contributed by atoms with E-state index in [-0.39, 0.29) is 36.0 Å². The summed E-state index contributed by atoms with van der Waals surface area (Å²) in [5, 5.41) is -0.0782. The van der Waals surface area contributed by atoms with Crippen molar-refractivity contribution in [2.75, 3.05) is 25.2 Å². The number of aromatic nitrogens is 3. The van der Waals surface area contributed by atoms with Crippen molar-refractivity contribution in [2.24, 2.45) is 0 Å². The van der Waals surface area contributed by atoms with E-state index < -0.39 is 15.7 Å². The molecule has 2 aromatic heterocycles. The summed E-state index contributed by atoms with van der Waals surface area (Å²) in [4.78, 5) is 12.0. The maximum atomic E-state index is 14.7. The van der Waals surface area contributed by atoms with Crippen molar-refractivity contribution >= 4 is 15.7 Å². The van der Waals surface area contributed by atoms with Gasteiger partial charge in [0.15, 0.2) is 14.9 Å². The number of pyridine rings is 1. The second-order valence-corrected chi connectivity index (χ2v) is 8.07. The van der Waals surface area contributed by atoms with Crippen LogP contribution in [0.3, 0.4) is 0 Å². The fraction of sp³-hybridized carbons (Fsp3) is 0.211. The molecule has 0 aliphatic carbocycles. The third kappa shape index (κ3) is 5.26. The summed E-state index contributed by atoms with van der Waals surface area (Å²) in [5.41, 5.74) is 6.82. The second-order valence-electron chi connectivity index (χ2n) is 6.04. The van der Waals surface area contributed by atoms with Gasteiger partial charge in [0.1, 0.15) is 11.6 Å². The van der Waals surface area contributed by atoms with E-state index in [2.05, 4.69) is 15.0 Å². The van der Waals surface area contributed by atoms with Crippen LogP contribution in [0.2, 0.25) is 0 Å². The smallest absolute Gasteiger partial charge is 1.00 e. The maximum absolute atomic E-state index is 14.7.